The standard InChI is InChI=1S/C20H17F6N2O3S/c21-19(22,23)17-11-15(8-9-18(17)31-16-6-2-1-3-7-16)28(32(29,30)20(24,25)26)10-4-5-14(12-27)13-28/h1-9,11,13H,10,12,27H2/q+1. The summed E-state index contributed by atoms with van der Waals surface area (Å²) in [5, 5.41) is 0. The topological polar surface area (TPSA) is 69.4 Å². The second-order valence-electron chi connectivity index (χ2n) is 6.80. The van der Waals surface area contributed by atoms with E-state index in [0.717, 1.165) is 18.2 Å². The van der Waals surface area contributed by atoms with E-state index < -0.39 is 49.1 Å². The summed E-state index contributed by atoms with van der Waals surface area (Å²) >= 11 is 0. The minimum absolute atomic E-state index is 0.0160. The fraction of sp³-hybridized carbons (Fsp3) is 0.200. The van der Waals surface area contributed by atoms with E-state index in [0.29, 0.717) is 12.3 Å². The first kappa shape index (κ1) is 23.8. The molecule has 12 heteroatoms. The first-order valence-electron chi connectivity index (χ1n) is 9.04. The van der Waals surface area contributed by atoms with Gasteiger partial charge in [0.25, 0.3) is 0 Å². The highest BCUT2D eigenvalue weighted by Gasteiger charge is 2.62. The van der Waals surface area contributed by atoms with Gasteiger partial charge in [-0.2, -0.15) is 34.8 Å². The molecule has 2 aromatic rings. The summed E-state index contributed by atoms with van der Waals surface area (Å²) in [6.07, 6.45) is -1.90. The van der Waals surface area contributed by atoms with Gasteiger partial charge in [-0.1, -0.05) is 24.3 Å². The van der Waals surface area contributed by atoms with Crippen molar-refractivity contribution in [1.29, 1.82) is 0 Å². The van der Waals surface area contributed by atoms with Crippen LogP contribution >= 0.6 is 0 Å². The molecule has 0 spiro atoms. The minimum atomic E-state index is -6.05. The smallest absolute Gasteiger partial charge is 0.457 e. The van der Waals surface area contributed by atoms with Crippen LogP contribution in [0.5, 0.6) is 11.5 Å². The van der Waals surface area contributed by atoms with Crippen molar-refractivity contribution in [1.82, 2.24) is 3.89 Å². The third-order valence-electron chi connectivity index (χ3n) is 4.72. The van der Waals surface area contributed by atoms with Gasteiger partial charge < -0.3 is 10.5 Å². The van der Waals surface area contributed by atoms with Gasteiger partial charge in [-0.3, -0.25) is 0 Å². The molecule has 0 fully saturated rings. The number of halogens is 6. The zero-order valence-corrected chi connectivity index (χ0v) is 17.0. The summed E-state index contributed by atoms with van der Waals surface area (Å²) in [6, 6.07) is 9.45. The Balaban J connectivity index is 2.25. The number of quaternary nitrogens is 1. The highest BCUT2D eigenvalue weighted by molar-refractivity contribution is 7.91. The molecule has 1 unspecified atom stereocenters. The zero-order chi connectivity index (χ0) is 23.8. The predicted molar refractivity (Wildman–Crippen MR) is 106 cm³/mol. The van der Waals surface area contributed by atoms with Crippen LogP contribution in [0.1, 0.15) is 5.56 Å². The molecule has 0 aromatic heterocycles. The average molecular weight is 479 g/mol. The van der Waals surface area contributed by atoms with Crippen LogP contribution in [-0.2, 0) is 16.2 Å². The van der Waals surface area contributed by atoms with Gasteiger partial charge in [0.15, 0.2) is 5.69 Å². The highest BCUT2D eigenvalue weighted by Crippen LogP contribution is 2.45. The van der Waals surface area contributed by atoms with Crippen molar-refractivity contribution in [3.05, 3.63) is 78.0 Å². The predicted octanol–water partition coefficient (Wildman–Crippen LogP) is 5.07. The van der Waals surface area contributed by atoms with Gasteiger partial charge in [0, 0.05) is 24.3 Å². The first-order chi connectivity index (χ1) is 14.8. The molecule has 0 amide bonds. The second kappa shape index (κ2) is 8.26. The fourth-order valence-corrected chi connectivity index (χ4v) is 4.51. The lowest BCUT2D eigenvalue weighted by Crippen LogP contribution is -2.56. The maximum absolute atomic E-state index is 13.8. The van der Waals surface area contributed by atoms with E-state index in [2.05, 4.69) is 0 Å². The molecule has 1 heterocycles. The monoisotopic (exact) mass is 479 g/mol. The van der Waals surface area contributed by atoms with Crippen molar-refractivity contribution >= 4 is 15.7 Å². The molecule has 2 N–H and O–H groups in total. The number of alkyl halides is 6. The van der Waals surface area contributed by atoms with Gasteiger partial charge in [-0.25, -0.2) is 0 Å². The Hall–Kier alpha value is -2.83. The van der Waals surface area contributed by atoms with Crippen LogP contribution < -0.4 is 14.4 Å². The number of nitrogens with zero attached hydrogens (tertiary/aromatic N) is 1. The van der Waals surface area contributed by atoms with E-state index in [1.54, 1.807) is 6.07 Å². The lowest BCUT2D eigenvalue weighted by molar-refractivity contribution is -0.138. The van der Waals surface area contributed by atoms with Gasteiger partial charge in [0.2, 0.25) is 0 Å². The lowest BCUT2D eigenvalue weighted by Gasteiger charge is -2.35. The molecule has 3 rings (SSSR count). The Bertz CT molecular complexity index is 1160. The van der Waals surface area contributed by atoms with Crippen LogP contribution in [0.4, 0.5) is 32.0 Å². The molecule has 2 aromatic carbocycles. The van der Waals surface area contributed by atoms with Crippen molar-refractivity contribution in [3.63, 3.8) is 0 Å². The van der Waals surface area contributed by atoms with E-state index in [1.807, 2.05) is 0 Å². The second-order valence-corrected chi connectivity index (χ2v) is 8.87. The quantitative estimate of drug-likeness (QED) is 0.481. The van der Waals surface area contributed by atoms with Crippen LogP contribution in [0.15, 0.2) is 72.5 Å². The molecule has 0 bridgehead atoms. The molecule has 172 valence electrons. The molecular weight excluding hydrogens is 462 g/mol. The van der Waals surface area contributed by atoms with Crippen molar-refractivity contribution in [2.45, 2.75) is 11.7 Å². The third kappa shape index (κ3) is 4.25. The summed E-state index contributed by atoms with van der Waals surface area (Å²) < 4.78 is 110. The van der Waals surface area contributed by atoms with E-state index in [-0.39, 0.29) is 17.9 Å². The molecule has 0 aliphatic carbocycles. The van der Waals surface area contributed by atoms with Crippen LogP contribution in [0.3, 0.4) is 0 Å². The number of nitrogens with two attached hydrogens (primary N) is 1. The maximum atomic E-state index is 13.8. The highest BCUT2D eigenvalue weighted by atomic mass is 32.2. The van der Waals surface area contributed by atoms with Gasteiger partial charge >= 0.3 is 21.7 Å². The van der Waals surface area contributed by atoms with E-state index in [1.165, 1.54) is 30.3 Å². The lowest BCUT2D eigenvalue weighted by atomic mass is 10.1. The molecule has 1 aliphatic heterocycles. The Kier molecular flexibility index (Phi) is 6.15. The van der Waals surface area contributed by atoms with E-state index >= 15 is 0 Å². The Morgan fingerprint density at radius 3 is 2.22 bits per heavy atom. The summed E-state index contributed by atoms with van der Waals surface area (Å²) in [7, 11) is -6.05. The number of para-hydroxylation sites is 1. The van der Waals surface area contributed by atoms with E-state index in [9.17, 15) is 34.8 Å². The molecule has 32 heavy (non-hydrogen) atoms. The Labute approximate surface area is 179 Å². The van der Waals surface area contributed by atoms with E-state index in [4.69, 9.17) is 10.5 Å². The number of ether oxygens (including phenoxy) is 1. The minimum Gasteiger partial charge on any atom is -0.457 e. The first-order valence-corrected chi connectivity index (χ1v) is 10.5. The van der Waals surface area contributed by atoms with Crippen LogP contribution in [0, 0.1) is 0 Å². The normalized spacial score (nSPS) is 19.5. The fourth-order valence-electron chi connectivity index (χ4n) is 3.20. The van der Waals surface area contributed by atoms with Crippen LogP contribution in [-0.4, -0.2) is 27.0 Å². The summed E-state index contributed by atoms with van der Waals surface area (Å²) in [6.45, 7) is -1.09. The number of benzene rings is 2. The largest absolute Gasteiger partial charge is 0.550 e. The maximum Gasteiger partial charge on any atom is 0.550 e. The molecule has 0 saturated carbocycles. The third-order valence-corrected chi connectivity index (χ3v) is 6.62. The SMILES string of the molecule is NCC1=C[N+](c2ccc(Oc3ccccc3)c(C(F)(F)F)c2)(S(=O)(=O)C(F)(F)F)CC=C1. The molecule has 0 radical (unpaired) electrons. The van der Waals surface area contributed by atoms with Gasteiger partial charge in [0.1, 0.15) is 29.8 Å². The number of hydrogen-bond donors (Lipinski definition) is 1. The number of hydrogen-bond acceptors (Lipinski definition) is 4. The van der Waals surface area contributed by atoms with Crippen LogP contribution in [0.25, 0.3) is 0 Å². The zero-order valence-electron chi connectivity index (χ0n) is 16.2. The van der Waals surface area contributed by atoms with Crippen molar-refractivity contribution in [2.75, 3.05) is 13.1 Å². The molecular formula is C20H17F6N2O3S+. The average Bonchev–Trinajstić information content (AvgIpc) is 2.73. The number of rotatable bonds is 5. The molecule has 0 saturated heterocycles. The summed E-state index contributed by atoms with van der Waals surface area (Å²) in [4.78, 5) is 0. The molecule has 1 aliphatic rings. The van der Waals surface area contributed by atoms with Crippen molar-refractivity contribution in [2.24, 2.45) is 5.73 Å². The van der Waals surface area contributed by atoms with Crippen molar-refractivity contribution in [3.8, 4) is 11.5 Å². The van der Waals surface area contributed by atoms with Crippen molar-refractivity contribution < 1.29 is 39.5 Å². The summed E-state index contributed by atoms with van der Waals surface area (Å²) in [5.74, 6) is -0.630. The van der Waals surface area contributed by atoms with Crippen LogP contribution in [0.2, 0.25) is 0 Å². The summed E-state index contributed by atoms with van der Waals surface area (Å²) in [5.41, 5.74) is -2.45. The van der Waals surface area contributed by atoms with Gasteiger partial charge in [0.05, 0.1) is 0 Å². The molecule has 5 nitrogen and oxygen atoms in total. The Morgan fingerprint density at radius 1 is 1.00 bits per heavy atom. The van der Waals surface area contributed by atoms with Gasteiger partial charge in [-0.05, 0) is 24.3 Å². The Morgan fingerprint density at radius 2 is 1.66 bits per heavy atom. The van der Waals surface area contributed by atoms with Gasteiger partial charge in [-0.15, -0.1) is 3.89 Å². The molecule has 1 atom stereocenters. The number of sulfonamides is 1.